The molecular formula is C10H18N4O2S. The van der Waals surface area contributed by atoms with Gasteiger partial charge in [-0.1, -0.05) is 5.10 Å². The van der Waals surface area contributed by atoms with E-state index in [-0.39, 0.29) is 5.25 Å². The Hall–Kier alpha value is -0.950. The fourth-order valence-corrected chi connectivity index (χ4v) is 1.58. The summed E-state index contributed by atoms with van der Waals surface area (Å²) in [4.78, 5) is 0. The SMILES string of the molecule is CC(CNc1nnc(CNC2CC2)o1)S(C)=O. The van der Waals surface area contributed by atoms with Crippen LogP contribution in [0.4, 0.5) is 6.01 Å². The highest BCUT2D eigenvalue weighted by atomic mass is 32.2. The van der Waals surface area contributed by atoms with Crippen LogP contribution >= 0.6 is 0 Å². The van der Waals surface area contributed by atoms with Gasteiger partial charge in [0.1, 0.15) is 0 Å². The van der Waals surface area contributed by atoms with Gasteiger partial charge in [-0.2, -0.15) is 0 Å². The monoisotopic (exact) mass is 258 g/mol. The first-order valence-corrected chi connectivity index (χ1v) is 7.39. The van der Waals surface area contributed by atoms with E-state index in [1.54, 1.807) is 6.26 Å². The van der Waals surface area contributed by atoms with E-state index < -0.39 is 10.8 Å². The van der Waals surface area contributed by atoms with E-state index in [4.69, 9.17) is 4.42 Å². The van der Waals surface area contributed by atoms with Crippen LogP contribution in [0.3, 0.4) is 0 Å². The van der Waals surface area contributed by atoms with E-state index in [2.05, 4.69) is 20.8 Å². The molecule has 1 aliphatic rings. The molecule has 2 rings (SSSR count). The van der Waals surface area contributed by atoms with Crippen molar-refractivity contribution in [2.24, 2.45) is 0 Å². The second-order valence-electron chi connectivity index (χ2n) is 4.35. The predicted octanol–water partition coefficient (Wildman–Crippen LogP) is 0.500. The Bertz CT molecular complexity index is 391. The van der Waals surface area contributed by atoms with Crippen molar-refractivity contribution < 1.29 is 8.63 Å². The smallest absolute Gasteiger partial charge is 0.315 e. The summed E-state index contributed by atoms with van der Waals surface area (Å²) in [5.74, 6) is 0.588. The summed E-state index contributed by atoms with van der Waals surface area (Å²) in [6.45, 7) is 3.10. The van der Waals surface area contributed by atoms with Gasteiger partial charge in [-0.25, -0.2) is 0 Å². The van der Waals surface area contributed by atoms with Gasteiger partial charge in [-0.3, -0.25) is 4.21 Å². The molecule has 7 heteroatoms. The Morgan fingerprint density at radius 2 is 2.29 bits per heavy atom. The lowest BCUT2D eigenvalue weighted by Crippen LogP contribution is -2.20. The number of aromatic nitrogens is 2. The molecule has 6 nitrogen and oxygen atoms in total. The number of hydrogen-bond donors (Lipinski definition) is 2. The van der Waals surface area contributed by atoms with Crippen molar-refractivity contribution in [3.63, 3.8) is 0 Å². The summed E-state index contributed by atoms with van der Waals surface area (Å²) >= 11 is 0. The molecule has 0 aromatic carbocycles. The summed E-state index contributed by atoms with van der Waals surface area (Å²) in [6.07, 6.45) is 4.16. The van der Waals surface area contributed by atoms with Crippen molar-refractivity contribution in [1.29, 1.82) is 0 Å². The highest BCUT2D eigenvalue weighted by molar-refractivity contribution is 7.84. The normalized spacial score (nSPS) is 18.9. The average molecular weight is 258 g/mol. The number of nitrogens with zero attached hydrogens (tertiary/aromatic N) is 2. The van der Waals surface area contributed by atoms with Gasteiger partial charge >= 0.3 is 6.01 Å². The van der Waals surface area contributed by atoms with E-state index in [0.29, 0.717) is 31.0 Å². The summed E-state index contributed by atoms with van der Waals surface area (Å²) in [6, 6.07) is 1.02. The molecular weight excluding hydrogens is 240 g/mol. The summed E-state index contributed by atoms with van der Waals surface area (Å²) in [7, 11) is -0.843. The van der Waals surface area contributed by atoms with Crippen LogP contribution < -0.4 is 10.6 Å². The largest absolute Gasteiger partial charge is 0.407 e. The lowest BCUT2D eigenvalue weighted by molar-refractivity contribution is 0.476. The average Bonchev–Trinajstić information content (AvgIpc) is 3.02. The topological polar surface area (TPSA) is 80.1 Å². The third-order valence-corrected chi connectivity index (χ3v) is 3.99. The highest BCUT2D eigenvalue weighted by Gasteiger charge is 2.21. The minimum atomic E-state index is -0.843. The van der Waals surface area contributed by atoms with Gasteiger partial charge in [0.25, 0.3) is 0 Å². The van der Waals surface area contributed by atoms with Crippen LogP contribution in [0, 0.1) is 0 Å². The Labute approximate surface area is 103 Å². The third-order valence-electron chi connectivity index (χ3n) is 2.69. The van der Waals surface area contributed by atoms with Crippen molar-refractivity contribution >= 4 is 16.8 Å². The maximum atomic E-state index is 11.1. The third kappa shape index (κ3) is 4.08. The Morgan fingerprint density at radius 1 is 1.53 bits per heavy atom. The molecule has 2 atom stereocenters. The fraction of sp³-hybridized carbons (Fsp3) is 0.800. The molecule has 2 unspecified atom stereocenters. The lowest BCUT2D eigenvalue weighted by Gasteiger charge is -2.06. The van der Waals surface area contributed by atoms with E-state index >= 15 is 0 Å². The van der Waals surface area contributed by atoms with Crippen molar-refractivity contribution in [3.8, 4) is 0 Å². The van der Waals surface area contributed by atoms with Crippen molar-refractivity contribution in [3.05, 3.63) is 5.89 Å². The number of anilines is 1. The molecule has 0 spiro atoms. The van der Waals surface area contributed by atoms with Gasteiger partial charge in [-0.15, -0.1) is 5.10 Å². The van der Waals surface area contributed by atoms with Gasteiger partial charge in [0.05, 0.1) is 6.54 Å². The zero-order chi connectivity index (χ0) is 12.3. The van der Waals surface area contributed by atoms with Crippen LogP contribution in [-0.2, 0) is 17.3 Å². The number of hydrogen-bond acceptors (Lipinski definition) is 6. The van der Waals surface area contributed by atoms with Crippen molar-refractivity contribution in [2.75, 3.05) is 18.1 Å². The van der Waals surface area contributed by atoms with Crippen molar-refractivity contribution in [1.82, 2.24) is 15.5 Å². The van der Waals surface area contributed by atoms with Crippen LogP contribution in [0.5, 0.6) is 0 Å². The molecule has 0 radical (unpaired) electrons. The first-order valence-electron chi connectivity index (χ1n) is 5.77. The van der Waals surface area contributed by atoms with Gasteiger partial charge in [0.15, 0.2) is 0 Å². The first kappa shape index (κ1) is 12.5. The maximum absolute atomic E-state index is 11.1. The zero-order valence-electron chi connectivity index (χ0n) is 10.1. The molecule has 0 amide bonds. The highest BCUT2D eigenvalue weighted by Crippen LogP contribution is 2.19. The van der Waals surface area contributed by atoms with Gasteiger partial charge in [0, 0.05) is 34.9 Å². The van der Waals surface area contributed by atoms with Gasteiger partial charge in [-0.05, 0) is 19.8 Å². The van der Waals surface area contributed by atoms with E-state index in [9.17, 15) is 4.21 Å². The van der Waals surface area contributed by atoms with Gasteiger partial charge in [0.2, 0.25) is 5.89 Å². The van der Waals surface area contributed by atoms with Gasteiger partial charge < -0.3 is 15.1 Å². The quantitative estimate of drug-likeness (QED) is 0.741. The Morgan fingerprint density at radius 3 is 2.94 bits per heavy atom. The Kier molecular flexibility index (Phi) is 4.11. The number of nitrogens with one attached hydrogen (secondary N) is 2. The molecule has 1 saturated carbocycles. The predicted molar refractivity (Wildman–Crippen MR) is 66.2 cm³/mol. The molecule has 0 saturated heterocycles. The molecule has 2 N–H and O–H groups in total. The first-order chi connectivity index (χ1) is 8.15. The molecule has 1 aliphatic carbocycles. The van der Waals surface area contributed by atoms with Crippen LogP contribution in [0.1, 0.15) is 25.7 Å². The molecule has 1 heterocycles. The maximum Gasteiger partial charge on any atom is 0.315 e. The van der Waals surface area contributed by atoms with Crippen LogP contribution in [0.2, 0.25) is 0 Å². The number of rotatable bonds is 7. The molecule has 0 aliphatic heterocycles. The molecule has 96 valence electrons. The molecule has 1 aromatic heterocycles. The van der Waals surface area contributed by atoms with Crippen LogP contribution in [0.15, 0.2) is 4.42 Å². The van der Waals surface area contributed by atoms with Crippen LogP contribution in [-0.4, -0.2) is 38.5 Å². The summed E-state index contributed by atoms with van der Waals surface area (Å²) in [5, 5.41) is 14.2. The van der Waals surface area contributed by atoms with E-state index in [1.165, 1.54) is 12.8 Å². The van der Waals surface area contributed by atoms with Crippen molar-refractivity contribution in [2.45, 2.75) is 37.6 Å². The minimum Gasteiger partial charge on any atom is -0.407 e. The van der Waals surface area contributed by atoms with Crippen LogP contribution in [0.25, 0.3) is 0 Å². The fourth-order valence-electron chi connectivity index (χ4n) is 1.26. The molecule has 1 fully saturated rings. The second-order valence-corrected chi connectivity index (χ2v) is 6.15. The second kappa shape index (κ2) is 5.59. The minimum absolute atomic E-state index is 0.0648. The molecule has 1 aromatic rings. The molecule has 0 bridgehead atoms. The Balaban J connectivity index is 1.74. The lowest BCUT2D eigenvalue weighted by atomic mass is 10.5. The zero-order valence-corrected chi connectivity index (χ0v) is 10.9. The summed E-state index contributed by atoms with van der Waals surface area (Å²) in [5.41, 5.74) is 0. The standard InChI is InChI=1S/C10H18N4O2S/c1-7(17(2)15)5-12-10-14-13-9(16-10)6-11-8-3-4-8/h7-8,11H,3-6H2,1-2H3,(H,12,14). The molecule has 17 heavy (non-hydrogen) atoms. The van der Waals surface area contributed by atoms with E-state index in [0.717, 1.165) is 0 Å². The summed E-state index contributed by atoms with van der Waals surface area (Å²) < 4.78 is 16.5. The van der Waals surface area contributed by atoms with E-state index in [1.807, 2.05) is 6.92 Å².